The third-order valence-corrected chi connectivity index (χ3v) is 4.88. The molecule has 0 fully saturated rings. The molecule has 4 heterocycles. The number of halogens is 3. The van der Waals surface area contributed by atoms with Crippen molar-refractivity contribution in [3.8, 4) is 0 Å². The fraction of sp³-hybridized carbons (Fsp3) is 0.381. The van der Waals surface area contributed by atoms with Crippen LogP contribution in [0.1, 0.15) is 40.2 Å². The van der Waals surface area contributed by atoms with Gasteiger partial charge in [0.05, 0.1) is 24.5 Å². The number of furan rings is 2. The van der Waals surface area contributed by atoms with Gasteiger partial charge in [0.1, 0.15) is 11.5 Å². The maximum atomic E-state index is 12.0. The zero-order valence-corrected chi connectivity index (χ0v) is 17.7. The highest BCUT2D eigenvalue weighted by Crippen LogP contribution is 2.24. The number of nitrogens with one attached hydrogen (secondary N) is 1. The second kappa shape index (κ2) is 10.4. The van der Waals surface area contributed by atoms with E-state index in [-0.39, 0.29) is 11.9 Å². The molecule has 0 aliphatic carbocycles. The van der Waals surface area contributed by atoms with Crippen LogP contribution in [-0.4, -0.2) is 50.9 Å². The number of alkyl halides is 3. The third-order valence-electron chi connectivity index (χ3n) is 4.88. The minimum Gasteiger partial charge on any atom is -0.475 e. The van der Waals surface area contributed by atoms with Crippen molar-refractivity contribution in [1.29, 1.82) is 0 Å². The summed E-state index contributed by atoms with van der Waals surface area (Å²) >= 11 is 0. The summed E-state index contributed by atoms with van der Waals surface area (Å²) in [7, 11) is 0. The van der Waals surface area contributed by atoms with Crippen molar-refractivity contribution in [2.24, 2.45) is 0 Å². The highest BCUT2D eigenvalue weighted by atomic mass is 19.4. The fourth-order valence-corrected chi connectivity index (χ4v) is 3.44. The van der Waals surface area contributed by atoms with Crippen LogP contribution in [0.3, 0.4) is 0 Å². The number of rotatable bonds is 6. The Balaban J connectivity index is 0.000000383. The van der Waals surface area contributed by atoms with E-state index >= 15 is 0 Å². The molecule has 1 aliphatic heterocycles. The first-order valence-corrected chi connectivity index (χ1v) is 10.1. The number of carboxylic acids is 1. The lowest BCUT2D eigenvalue weighted by Gasteiger charge is -2.33. The van der Waals surface area contributed by atoms with E-state index in [1.165, 1.54) is 12.0 Å². The topological polar surface area (TPSA) is 114 Å². The van der Waals surface area contributed by atoms with Gasteiger partial charge in [0.2, 0.25) is 0 Å². The van der Waals surface area contributed by atoms with E-state index in [9.17, 15) is 18.0 Å². The Bertz CT molecular complexity index is 1060. The van der Waals surface area contributed by atoms with Gasteiger partial charge in [-0.1, -0.05) is 0 Å². The summed E-state index contributed by atoms with van der Waals surface area (Å²) < 4.78 is 44.6. The number of amides is 1. The zero-order chi connectivity index (χ0) is 24.0. The van der Waals surface area contributed by atoms with Gasteiger partial charge in [-0.15, -0.1) is 0 Å². The van der Waals surface area contributed by atoms with Crippen LogP contribution >= 0.6 is 0 Å². The number of nitrogens with zero attached hydrogens (tertiary/aromatic N) is 3. The molecule has 4 rings (SSSR count). The van der Waals surface area contributed by atoms with Crippen LogP contribution in [0.2, 0.25) is 0 Å². The maximum absolute atomic E-state index is 12.0. The summed E-state index contributed by atoms with van der Waals surface area (Å²) in [6, 6.07) is 9.65. The van der Waals surface area contributed by atoms with Crippen LogP contribution < -0.4 is 5.32 Å². The number of fused-ring (bicyclic) bond motifs is 1. The smallest absolute Gasteiger partial charge is 0.475 e. The summed E-state index contributed by atoms with van der Waals surface area (Å²) in [6.45, 7) is 5.00. The van der Waals surface area contributed by atoms with E-state index in [2.05, 4.69) is 20.0 Å². The van der Waals surface area contributed by atoms with Gasteiger partial charge in [0.15, 0.2) is 5.76 Å². The van der Waals surface area contributed by atoms with E-state index in [1.54, 1.807) is 12.1 Å². The molecule has 12 heteroatoms. The van der Waals surface area contributed by atoms with Gasteiger partial charge in [0, 0.05) is 25.8 Å². The fourth-order valence-electron chi connectivity index (χ4n) is 3.44. The van der Waals surface area contributed by atoms with Gasteiger partial charge < -0.3 is 19.3 Å². The lowest BCUT2D eigenvalue weighted by atomic mass is 10.1. The maximum Gasteiger partial charge on any atom is 0.490 e. The number of aromatic nitrogens is 2. The minimum absolute atomic E-state index is 0.186. The lowest BCUT2D eigenvalue weighted by Crippen LogP contribution is -2.38. The SMILES string of the molecule is Cc1ccc(CN2Cc3ccnn3C(CCNC(=O)c3ccco3)C2)o1.O=C(O)C(F)(F)F. The van der Waals surface area contributed by atoms with Crippen LogP contribution in [-0.2, 0) is 17.9 Å². The molecule has 0 aromatic carbocycles. The molecule has 3 aromatic heterocycles. The van der Waals surface area contributed by atoms with Crippen molar-refractivity contribution in [3.05, 3.63) is 65.8 Å². The van der Waals surface area contributed by atoms with Crippen molar-refractivity contribution in [3.63, 3.8) is 0 Å². The van der Waals surface area contributed by atoms with Gasteiger partial charge in [-0.05, 0) is 43.7 Å². The predicted octanol–water partition coefficient (Wildman–Crippen LogP) is 3.39. The molecule has 2 N–H and O–H groups in total. The number of aryl methyl sites for hydroxylation is 1. The summed E-state index contributed by atoms with van der Waals surface area (Å²) in [6.07, 6.45) is -0.945. The lowest BCUT2D eigenvalue weighted by molar-refractivity contribution is -0.192. The molecule has 9 nitrogen and oxygen atoms in total. The first-order valence-electron chi connectivity index (χ1n) is 10.1. The third kappa shape index (κ3) is 6.72. The standard InChI is InChI=1S/C19H22N4O3.C2HF3O2/c1-14-4-5-17(26-14)13-22-11-15(23-16(12-22)7-9-21-23)6-8-20-19(24)18-3-2-10-25-18;3-2(4,5)1(6)7/h2-5,7,9-10,15H,6,8,11-13H2,1H3,(H,20,24);(H,6,7). The van der Waals surface area contributed by atoms with Gasteiger partial charge in [-0.3, -0.25) is 14.4 Å². The Morgan fingerprint density at radius 3 is 2.64 bits per heavy atom. The van der Waals surface area contributed by atoms with Crippen molar-refractivity contribution < 1.29 is 36.7 Å². The van der Waals surface area contributed by atoms with Gasteiger partial charge in [0.25, 0.3) is 5.91 Å². The highest BCUT2D eigenvalue weighted by Gasteiger charge is 2.38. The second-order valence-corrected chi connectivity index (χ2v) is 7.43. The van der Waals surface area contributed by atoms with E-state index in [0.717, 1.165) is 37.6 Å². The Labute approximate surface area is 186 Å². The zero-order valence-electron chi connectivity index (χ0n) is 17.7. The molecular formula is C21H23F3N4O5. The molecule has 0 radical (unpaired) electrons. The second-order valence-electron chi connectivity index (χ2n) is 7.43. The summed E-state index contributed by atoms with van der Waals surface area (Å²) in [5, 5.41) is 14.5. The Morgan fingerprint density at radius 1 is 1.27 bits per heavy atom. The Hall–Kier alpha value is -3.54. The Morgan fingerprint density at radius 2 is 2.03 bits per heavy atom. The number of hydrogen-bond donors (Lipinski definition) is 2. The van der Waals surface area contributed by atoms with Gasteiger partial charge in [-0.2, -0.15) is 18.3 Å². The quantitative estimate of drug-likeness (QED) is 0.570. The van der Waals surface area contributed by atoms with E-state index in [1.807, 2.05) is 31.3 Å². The van der Waals surface area contributed by atoms with E-state index in [0.29, 0.717) is 12.3 Å². The Kier molecular flexibility index (Phi) is 7.59. The monoisotopic (exact) mass is 468 g/mol. The molecule has 178 valence electrons. The van der Waals surface area contributed by atoms with E-state index in [4.69, 9.17) is 18.7 Å². The number of carbonyl (C=O) groups is 2. The normalized spacial score (nSPS) is 15.9. The summed E-state index contributed by atoms with van der Waals surface area (Å²) in [5.41, 5.74) is 1.18. The largest absolute Gasteiger partial charge is 0.490 e. The number of carboxylic acid groups (broad SMARTS) is 1. The minimum atomic E-state index is -5.08. The molecule has 1 amide bonds. The van der Waals surface area contributed by atoms with Crippen molar-refractivity contribution in [1.82, 2.24) is 20.0 Å². The van der Waals surface area contributed by atoms with Gasteiger partial charge >= 0.3 is 12.1 Å². The van der Waals surface area contributed by atoms with Crippen LogP contribution in [0.5, 0.6) is 0 Å². The van der Waals surface area contributed by atoms with Gasteiger partial charge in [-0.25, -0.2) is 4.79 Å². The number of aliphatic carboxylic acids is 1. The van der Waals surface area contributed by atoms with E-state index < -0.39 is 12.1 Å². The molecule has 1 atom stereocenters. The molecule has 3 aromatic rings. The molecule has 1 aliphatic rings. The first kappa shape index (κ1) is 24.1. The molecule has 1 unspecified atom stereocenters. The van der Waals surface area contributed by atoms with Crippen molar-refractivity contribution >= 4 is 11.9 Å². The van der Waals surface area contributed by atoms with Crippen LogP contribution in [0, 0.1) is 6.92 Å². The van der Waals surface area contributed by atoms with Crippen LogP contribution in [0.15, 0.2) is 51.6 Å². The average Bonchev–Trinajstić information content (AvgIpc) is 3.49. The van der Waals surface area contributed by atoms with Crippen LogP contribution in [0.4, 0.5) is 13.2 Å². The molecule has 0 saturated heterocycles. The molecule has 0 saturated carbocycles. The summed E-state index contributed by atoms with van der Waals surface area (Å²) in [4.78, 5) is 23.3. The average molecular weight is 468 g/mol. The number of hydrogen-bond acceptors (Lipinski definition) is 6. The van der Waals surface area contributed by atoms with Crippen molar-refractivity contribution in [2.45, 2.75) is 38.7 Å². The number of carbonyl (C=O) groups excluding carboxylic acids is 1. The molecule has 0 spiro atoms. The summed E-state index contributed by atoms with van der Waals surface area (Å²) in [5.74, 6) is -0.704. The van der Waals surface area contributed by atoms with Crippen molar-refractivity contribution in [2.75, 3.05) is 13.1 Å². The van der Waals surface area contributed by atoms with Crippen LogP contribution in [0.25, 0.3) is 0 Å². The molecule has 0 bridgehead atoms. The first-order chi connectivity index (χ1) is 15.6. The molecular weight excluding hydrogens is 445 g/mol. The predicted molar refractivity (Wildman–Crippen MR) is 108 cm³/mol. The molecule has 33 heavy (non-hydrogen) atoms. The highest BCUT2D eigenvalue weighted by molar-refractivity contribution is 5.91.